The Balaban J connectivity index is 1.82. The summed E-state index contributed by atoms with van der Waals surface area (Å²) in [7, 11) is 0. The average Bonchev–Trinajstić information content (AvgIpc) is 3.01. The smallest absolute Gasteiger partial charge is 0.113 e. The van der Waals surface area contributed by atoms with Gasteiger partial charge < -0.3 is 0 Å². The number of H-pyrrole nitrogens is 1. The van der Waals surface area contributed by atoms with Crippen LogP contribution < -0.4 is 0 Å². The summed E-state index contributed by atoms with van der Waals surface area (Å²) in [5.41, 5.74) is 3.33. The summed E-state index contributed by atoms with van der Waals surface area (Å²) in [5.74, 6) is 0.954. The first-order valence-electron chi connectivity index (χ1n) is 6.05. The van der Waals surface area contributed by atoms with E-state index in [1.807, 2.05) is 23.9 Å². The summed E-state index contributed by atoms with van der Waals surface area (Å²) in [6.45, 7) is 0. The van der Waals surface area contributed by atoms with E-state index >= 15 is 0 Å². The van der Waals surface area contributed by atoms with E-state index < -0.39 is 0 Å². The zero-order valence-electron chi connectivity index (χ0n) is 10.3. The molecule has 1 heterocycles. The lowest BCUT2D eigenvalue weighted by molar-refractivity contribution is 0.941. The van der Waals surface area contributed by atoms with Crippen LogP contribution in [-0.4, -0.2) is 15.4 Å². The minimum Gasteiger partial charge on any atom is -0.197 e. The van der Waals surface area contributed by atoms with Gasteiger partial charge in [0, 0.05) is 16.2 Å². The highest BCUT2D eigenvalue weighted by Gasteiger charge is 2.07. The van der Waals surface area contributed by atoms with Crippen molar-refractivity contribution in [2.24, 2.45) is 0 Å². The number of hydrogen-bond donors (Lipinski definition) is 1. The van der Waals surface area contributed by atoms with Crippen molar-refractivity contribution >= 4 is 11.8 Å². The zero-order chi connectivity index (χ0) is 12.9. The van der Waals surface area contributed by atoms with Gasteiger partial charge in [-0.2, -0.15) is 15.4 Å². The maximum Gasteiger partial charge on any atom is 0.113 e. The van der Waals surface area contributed by atoms with Crippen LogP contribution in [0, 0.1) is 0 Å². The third kappa shape index (κ3) is 2.85. The van der Waals surface area contributed by atoms with Gasteiger partial charge in [-0.25, -0.2) is 0 Å². The number of thioether (sulfide) groups is 1. The van der Waals surface area contributed by atoms with Gasteiger partial charge >= 0.3 is 0 Å². The minimum absolute atomic E-state index is 0.885. The van der Waals surface area contributed by atoms with Crippen molar-refractivity contribution in [1.29, 1.82) is 0 Å². The van der Waals surface area contributed by atoms with Crippen LogP contribution in [0.15, 0.2) is 65.7 Å². The highest BCUT2D eigenvalue weighted by atomic mass is 32.2. The molecule has 3 aromatic rings. The molecule has 0 spiro atoms. The summed E-state index contributed by atoms with van der Waals surface area (Å²) in [5, 5.41) is 10.7. The molecule has 94 valence electrons. The number of aromatic nitrogens is 3. The largest absolute Gasteiger partial charge is 0.197 e. The summed E-state index contributed by atoms with van der Waals surface area (Å²) < 4.78 is 0. The molecule has 0 aliphatic carbocycles. The molecule has 0 fully saturated rings. The van der Waals surface area contributed by atoms with E-state index in [4.69, 9.17) is 0 Å². The molecule has 0 saturated heterocycles. The Labute approximate surface area is 116 Å². The summed E-state index contributed by atoms with van der Waals surface area (Å²) in [4.78, 5) is 1.22. The molecular formula is C15H13N3S. The molecule has 0 saturated carbocycles. The van der Waals surface area contributed by atoms with Gasteiger partial charge in [-0.1, -0.05) is 48.5 Å². The van der Waals surface area contributed by atoms with Crippen LogP contribution in [-0.2, 0) is 5.75 Å². The van der Waals surface area contributed by atoms with Gasteiger partial charge in [0.05, 0.1) is 6.20 Å². The maximum absolute atomic E-state index is 4.15. The van der Waals surface area contributed by atoms with Crippen LogP contribution in [0.25, 0.3) is 11.3 Å². The van der Waals surface area contributed by atoms with Gasteiger partial charge in [0.2, 0.25) is 0 Å². The topological polar surface area (TPSA) is 41.6 Å². The van der Waals surface area contributed by atoms with Crippen LogP contribution in [0.1, 0.15) is 5.56 Å². The number of aromatic amines is 1. The number of nitrogens with one attached hydrogen (secondary N) is 1. The van der Waals surface area contributed by atoms with E-state index in [1.165, 1.54) is 10.5 Å². The number of rotatable bonds is 4. The second kappa shape index (κ2) is 5.71. The highest BCUT2D eigenvalue weighted by Crippen LogP contribution is 2.31. The van der Waals surface area contributed by atoms with Crippen molar-refractivity contribution in [3.63, 3.8) is 0 Å². The maximum atomic E-state index is 4.15. The van der Waals surface area contributed by atoms with Crippen LogP contribution in [0.2, 0.25) is 0 Å². The quantitative estimate of drug-likeness (QED) is 0.732. The lowest BCUT2D eigenvalue weighted by atomic mass is 10.2. The standard InChI is InChI=1S/C15H13N3S/c1-2-6-12(7-3-1)11-19-15-9-5-4-8-13(15)14-10-16-18-17-14/h1-10H,11H2,(H,16,17,18). The van der Waals surface area contributed by atoms with E-state index in [2.05, 4.69) is 57.9 Å². The molecule has 3 nitrogen and oxygen atoms in total. The Bertz CT molecular complexity index is 636. The third-order valence-corrected chi connectivity index (χ3v) is 3.96. The van der Waals surface area contributed by atoms with E-state index in [1.54, 1.807) is 6.20 Å². The second-order valence-corrected chi connectivity index (χ2v) is 5.14. The zero-order valence-corrected chi connectivity index (χ0v) is 11.1. The normalized spacial score (nSPS) is 10.5. The lowest BCUT2D eigenvalue weighted by Gasteiger charge is -2.06. The number of nitrogens with zero attached hydrogens (tertiary/aromatic N) is 2. The second-order valence-electron chi connectivity index (χ2n) is 4.13. The van der Waals surface area contributed by atoms with Gasteiger partial charge in [-0.15, -0.1) is 11.8 Å². The summed E-state index contributed by atoms with van der Waals surface area (Å²) in [6, 6.07) is 18.7. The van der Waals surface area contributed by atoms with Crippen LogP contribution >= 0.6 is 11.8 Å². The fourth-order valence-corrected chi connectivity index (χ4v) is 2.89. The van der Waals surface area contributed by atoms with Gasteiger partial charge in [0.1, 0.15) is 5.69 Å². The third-order valence-electron chi connectivity index (χ3n) is 2.82. The van der Waals surface area contributed by atoms with Crippen LogP contribution in [0.3, 0.4) is 0 Å². The molecule has 0 aliphatic heterocycles. The van der Waals surface area contributed by atoms with E-state index in [0.717, 1.165) is 17.0 Å². The first-order valence-corrected chi connectivity index (χ1v) is 7.04. The molecule has 0 atom stereocenters. The summed E-state index contributed by atoms with van der Waals surface area (Å²) in [6.07, 6.45) is 1.75. The van der Waals surface area contributed by atoms with Crippen molar-refractivity contribution in [3.05, 3.63) is 66.4 Å². The monoisotopic (exact) mass is 267 g/mol. The van der Waals surface area contributed by atoms with Crippen LogP contribution in [0.5, 0.6) is 0 Å². The fourth-order valence-electron chi connectivity index (χ4n) is 1.87. The van der Waals surface area contributed by atoms with Crippen molar-refractivity contribution in [3.8, 4) is 11.3 Å². The molecule has 3 rings (SSSR count). The molecule has 2 aromatic carbocycles. The van der Waals surface area contributed by atoms with Crippen molar-refractivity contribution in [2.45, 2.75) is 10.6 Å². The SMILES string of the molecule is c1ccc(CSc2ccccc2-c2cn[nH]n2)cc1. The molecular weight excluding hydrogens is 254 g/mol. The Morgan fingerprint density at radius 2 is 1.74 bits per heavy atom. The van der Waals surface area contributed by atoms with E-state index in [0.29, 0.717) is 0 Å². The van der Waals surface area contributed by atoms with Gasteiger partial charge in [0.25, 0.3) is 0 Å². The molecule has 0 unspecified atom stereocenters. The van der Waals surface area contributed by atoms with Crippen molar-refractivity contribution < 1.29 is 0 Å². The molecule has 0 radical (unpaired) electrons. The van der Waals surface area contributed by atoms with Gasteiger partial charge in [-0.05, 0) is 11.6 Å². The molecule has 19 heavy (non-hydrogen) atoms. The average molecular weight is 267 g/mol. The first-order chi connectivity index (χ1) is 9.43. The lowest BCUT2D eigenvalue weighted by Crippen LogP contribution is -1.84. The van der Waals surface area contributed by atoms with Crippen LogP contribution in [0.4, 0.5) is 0 Å². The van der Waals surface area contributed by atoms with E-state index in [-0.39, 0.29) is 0 Å². The van der Waals surface area contributed by atoms with Gasteiger partial charge in [0.15, 0.2) is 0 Å². The van der Waals surface area contributed by atoms with Gasteiger partial charge in [-0.3, -0.25) is 0 Å². The molecule has 1 aromatic heterocycles. The first kappa shape index (κ1) is 12.0. The predicted molar refractivity (Wildman–Crippen MR) is 77.8 cm³/mol. The molecule has 0 bridgehead atoms. The number of hydrogen-bond acceptors (Lipinski definition) is 3. The number of benzene rings is 2. The van der Waals surface area contributed by atoms with Crippen molar-refractivity contribution in [2.75, 3.05) is 0 Å². The molecule has 1 N–H and O–H groups in total. The molecule has 4 heteroatoms. The fraction of sp³-hybridized carbons (Fsp3) is 0.0667. The summed E-state index contributed by atoms with van der Waals surface area (Å²) >= 11 is 1.82. The minimum atomic E-state index is 0.885. The Morgan fingerprint density at radius 3 is 2.53 bits per heavy atom. The van der Waals surface area contributed by atoms with Crippen molar-refractivity contribution in [1.82, 2.24) is 15.4 Å². The Morgan fingerprint density at radius 1 is 0.947 bits per heavy atom. The van der Waals surface area contributed by atoms with E-state index in [9.17, 15) is 0 Å². The molecule has 0 amide bonds. The molecule has 0 aliphatic rings. The Hall–Kier alpha value is -2.07. The Kier molecular flexibility index (Phi) is 3.61. The predicted octanol–water partition coefficient (Wildman–Crippen LogP) is 3.76. The highest BCUT2D eigenvalue weighted by molar-refractivity contribution is 7.98.